The van der Waals surface area contributed by atoms with Gasteiger partial charge in [0.1, 0.15) is 0 Å². The Hall–Kier alpha value is -0.870. The third-order valence-corrected chi connectivity index (χ3v) is 5.54. The van der Waals surface area contributed by atoms with Gasteiger partial charge in [-0.15, -0.1) is 0 Å². The molecule has 2 heterocycles. The Morgan fingerprint density at radius 1 is 1.14 bits per heavy atom. The standard InChI is InChI=1S/C17H28N4/c1-2-4-16(5-3-1)21-10-8-15(19-21)13-20-11-9-18-12-17(20)14-6-7-14/h8,10,14,16-18H,1-7,9,11-13H2. The maximum absolute atomic E-state index is 4.90. The first-order valence-electron chi connectivity index (χ1n) is 8.89. The number of aromatic nitrogens is 2. The Labute approximate surface area is 127 Å². The highest BCUT2D eigenvalue weighted by Gasteiger charge is 2.36. The van der Waals surface area contributed by atoms with Gasteiger partial charge in [-0.05, 0) is 37.7 Å². The van der Waals surface area contributed by atoms with Gasteiger partial charge >= 0.3 is 0 Å². The van der Waals surface area contributed by atoms with Crippen LogP contribution in [-0.2, 0) is 6.54 Å². The molecule has 1 aliphatic heterocycles. The minimum atomic E-state index is 0.662. The van der Waals surface area contributed by atoms with Crippen LogP contribution in [0.25, 0.3) is 0 Å². The summed E-state index contributed by atoms with van der Waals surface area (Å²) in [4.78, 5) is 2.67. The van der Waals surface area contributed by atoms with E-state index >= 15 is 0 Å². The highest BCUT2D eigenvalue weighted by Crippen LogP contribution is 2.36. The Morgan fingerprint density at radius 2 is 2.00 bits per heavy atom. The van der Waals surface area contributed by atoms with Crippen LogP contribution in [-0.4, -0.2) is 40.4 Å². The van der Waals surface area contributed by atoms with Crippen LogP contribution in [0.2, 0.25) is 0 Å². The molecule has 1 aromatic heterocycles. The van der Waals surface area contributed by atoms with E-state index in [4.69, 9.17) is 5.10 Å². The molecule has 0 spiro atoms. The molecule has 3 aliphatic rings. The fraction of sp³-hybridized carbons (Fsp3) is 0.824. The van der Waals surface area contributed by atoms with E-state index < -0.39 is 0 Å². The van der Waals surface area contributed by atoms with Gasteiger partial charge in [-0.25, -0.2) is 0 Å². The lowest BCUT2D eigenvalue weighted by atomic mass is 9.96. The van der Waals surface area contributed by atoms with Gasteiger partial charge in [0.2, 0.25) is 0 Å². The minimum Gasteiger partial charge on any atom is -0.314 e. The molecule has 0 aromatic carbocycles. The van der Waals surface area contributed by atoms with Crippen molar-refractivity contribution in [2.24, 2.45) is 5.92 Å². The van der Waals surface area contributed by atoms with Crippen molar-refractivity contribution in [3.05, 3.63) is 18.0 Å². The minimum absolute atomic E-state index is 0.662. The molecule has 116 valence electrons. The Morgan fingerprint density at radius 3 is 2.81 bits per heavy atom. The van der Waals surface area contributed by atoms with E-state index in [0.29, 0.717) is 6.04 Å². The fourth-order valence-electron chi connectivity index (χ4n) is 4.13. The number of nitrogens with one attached hydrogen (secondary N) is 1. The summed E-state index contributed by atoms with van der Waals surface area (Å²) >= 11 is 0. The Kier molecular flexibility index (Phi) is 3.99. The van der Waals surface area contributed by atoms with Crippen LogP contribution in [0, 0.1) is 5.92 Å². The molecule has 4 heteroatoms. The number of hydrogen-bond acceptors (Lipinski definition) is 3. The number of hydrogen-bond donors (Lipinski definition) is 1. The molecule has 0 bridgehead atoms. The van der Waals surface area contributed by atoms with Crippen LogP contribution < -0.4 is 5.32 Å². The first-order valence-corrected chi connectivity index (χ1v) is 8.89. The van der Waals surface area contributed by atoms with Gasteiger partial charge < -0.3 is 5.32 Å². The summed E-state index contributed by atoms with van der Waals surface area (Å²) in [6, 6.07) is 3.66. The third-order valence-electron chi connectivity index (χ3n) is 5.54. The normalized spacial score (nSPS) is 28.9. The molecular formula is C17H28N4. The van der Waals surface area contributed by atoms with Crippen molar-refractivity contribution in [2.75, 3.05) is 19.6 Å². The molecule has 4 rings (SSSR count). The van der Waals surface area contributed by atoms with E-state index in [1.54, 1.807) is 0 Å². The molecule has 0 amide bonds. The highest BCUT2D eigenvalue weighted by molar-refractivity contribution is 5.02. The van der Waals surface area contributed by atoms with E-state index in [2.05, 4.69) is 27.2 Å². The van der Waals surface area contributed by atoms with Gasteiger partial charge in [0, 0.05) is 38.4 Å². The van der Waals surface area contributed by atoms with Gasteiger partial charge in [0.15, 0.2) is 0 Å². The topological polar surface area (TPSA) is 33.1 Å². The van der Waals surface area contributed by atoms with E-state index in [1.807, 2.05) is 0 Å². The summed E-state index contributed by atoms with van der Waals surface area (Å²) in [5, 5.41) is 8.46. The zero-order chi connectivity index (χ0) is 14.1. The molecule has 0 radical (unpaired) electrons. The molecular weight excluding hydrogens is 260 g/mol. The predicted octanol–water partition coefficient (Wildman–Crippen LogP) is 2.57. The quantitative estimate of drug-likeness (QED) is 0.924. The second kappa shape index (κ2) is 6.09. The van der Waals surface area contributed by atoms with Crippen molar-refractivity contribution in [3.63, 3.8) is 0 Å². The Balaban J connectivity index is 1.40. The SMILES string of the molecule is c1cn(C2CCCCC2)nc1CN1CCNCC1C1CC1. The first kappa shape index (κ1) is 13.8. The van der Waals surface area contributed by atoms with Crippen molar-refractivity contribution in [3.8, 4) is 0 Å². The largest absolute Gasteiger partial charge is 0.314 e. The monoisotopic (exact) mass is 288 g/mol. The van der Waals surface area contributed by atoms with Crippen molar-refractivity contribution >= 4 is 0 Å². The molecule has 1 saturated heterocycles. The van der Waals surface area contributed by atoms with Crippen molar-refractivity contribution < 1.29 is 0 Å². The maximum Gasteiger partial charge on any atom is 0.0765 e. The van der Waals surface area contributed by atoms with E-state index in [9.17, 15) is 0 Å². The molecule has 21 heavy (non-hydrogen) atoms. The van der Waals surface area contributed by atoms with Crippen LogP contribution in [0.5, 0.6) is 0 Å². The maximum atomic E-state index is 4.90. The lowest BCUT2D eigenvalue weighted by Crippen LogP contribution is -2.51. The second-order valence-corrected chi connectivity index (χ2v) is 7.16. The smallest absolute Gasteiger partial charge is 0.0765 e. The first-order chi connectivity index (χ1) is 10.4. The van der Waals surface area contributed by atoms with Crippen LogP contribution in [0.1, 0.15) is 56.7 Å². The van der Waals surface area contributed by atoms with Gasteiger partial charge in [-0.2, -0.15) is 5.10 Å². The molecule has 3 fully saturated rings. The van der Waals surface area contributed by atoms with Gasteiger partial charge in [-0.3, -0.25) is 9.58 Å². The zero-order valence-corrected chi connectivity index (χ0v) is 13.0. The van der Waals surface area contributed by atoms with E-state index in [1.165, 1.54) is 63.7 Å². The van der Waals surface area contributed by atoms with E-state index in [-0.39, 0.29) is 0 Å². The van der Waals surface area contributed by atoms with Crippen LogP contribution in [0.3, 0.4) is 0 Å². The fourth-order valence-corrected chi connectivity index (χ4v) is 4.13. The van der Waals surface area contributed by atoms with Crippen molar-refractivity contribution in [2.45, 2.75) is 63.6 Å². The van der Waals surface area contributed by atoms with Crippen molar-refractivity contribution in [1.29, 1.82) is 0 Å². The second-order valence-electron chi connectivity index (χ2n) is 7.16. The lowest BCUT2D eigenvalue weighted by Gasteiger charge is -2.36. The number of rotatable bonds is 4. The van der Waals surface area contributed by atoms with E-state index in [0.717, 1.165) is 25.0 Å². The van der Waals surface area contributed by atoms with Crippen LogP contribution in [0.15, 0.2) is 12.3 Å². The van der Waals surface area contributed by atoms with Crippen LogP contribution in [0.4, 0.5) is 0 Å². The summed E-state index contributed by atoms with van der Waals surface area (Å²) in [5.74, 6) is 0.943. The third kappa shape index (κ3) is 3.16. The molecule has 2 aliphatic carbocycles. The van der Waals surface area contributed by atoms with Gasteiger partial charge in [-0.1, -0.05) is 19.3 Å². The number of nitrogens with zero attached hydrogens (tertiary/aromatic N) is 3. The summed E-state index contributed by atoms with van der Waals surface area (Å²) in [6.45, 7) is 4.53. The zero-order valence-electron chi connectivity index (χ0n) is 13.0. The average molecular weight is 288 g/mol. The highest BCUT2D eigenvalue weighted by atomic mass is 15.3. The summed E-state index contributed by atoms with van der Waals surface area (Å²) in [5.41, 5.74) is 1.27. The average Bonchev–Trinajstić information content (AvgIpc) is 3.28. The molecule has 4 nitrogen and oxygen atoms in total. The van der Waals surface area contributed by atoms with Crippen molar-refractivity contribution in [1.82, 2.24) is 20.0 Å². The summed E-state index contributed by atoms with van der Waals surface area (Å²) in [7, 11) is 0. The Bertz CT molecular complexity index is 459. The predicted molar refractivity (Wildman–Crippen MR) is 84.1 cm³/mol. The number of piperazine rings is 1. The lowest BCUT2D eigenvalue weighted by molar-refractivity contribution is 0.133. The molecule has 1 atom stereocenters. The summed E-state index contributed by atoms with van der Waals surface area (Å²) < 4.78 is 2.25. The van der Waals surface area contributed by atoms with Gasteiger partial charge in [0.05, 0.1) is 11.7 Å². The molecule has 1 aromatic rings. The van der Waals surface area contributed by atoms with Crippen LogP contribution >= 0.6 is 0 Å². The molecule has 1 N–H and O–H groups in total. The summed E-state index contributed by atoms with van der Waals surface area (Å²) in [6.07, 6.45) is 11.9. The van der Waals surface area contributed by atoms with Gasteiger partial charge in [0.25, 0.3) is 0 Å². The molecule has 1 unspecified atom stereocenters. The molecule has 2 saturated carbocycles.